The lowest BCUT2D eigenvalue weighted by Gasteiger charge is -2.10. The Morgan fingerprint density at radius 2 is 2.00 bits per heavy atom. The predicted octanol–water partition coefficient (Wildman–Crippen LogP) is 2.73. The van der Waals surface area contributed by atoms with E-state index in [-0.39, 0.29) is 11.8 Å². The van der Waals surface area contributed by atoms with Gasteiger partial charge in [-0.1, -0.05) is 6.92 Å². The second-order valence-electron chi connectivity index (χ2n) is 4.62. The third kappa shape index (κ3) is 3.79. The van der Waals surface area contributed by atoms with E-state index < -0.39 is 0 Å². The van der Waals surface area contributed by atoms with Crippen molar-refractivity contribution in [1.29, 1.82) is 0 Å². The van der Waals surface area contributed by atoms with Crippen LogP contribution in [0, 0.1) is 12.8 Å². The molecule has 0 aliphatic carbocycles. The Kier molecular flexibility index (Phi) is 4.70. The summed E-state index contributed by atoms with van der Waals surface area (Å²) in [5.41, 5.74) is 8.15. The first-order chi connectivity index (χ1) is 9.58. The minimum absolute atomic E-state index is 0.0660. The number of carbonyl (C=O) groups excluding carboxylic acids is 1. The van der Waals surface area contributed by atoms with Crippen molar-refractivity contribution in [3.8, 4) is 0 Å². The van der Waals surface area contributed by atoms with Crippen molar-refractivity contribution in [2.45, 2.75) is 13.8 Å². The van der Waals surface area contributed by atoms with Crippen molar-refractivity contribution >= 4 is 33.8 Å². The molecule has 0 spiro atoms. The number of thiazole rings is 1. The molecule has 0 saturated carbocycles. The van der Waals surface area contributed by atoms with E-state index >= 15 is 0 Å². The van der Waals surface area contributed by atoms with Gasteiger partial charge in [0.15, 0.2) is 5.13 Å². The van der Waals surface area contributed by atoms with Gasteiger partial charge in [-0.25, -0.2) is 4.98 Å². The number of nitrogens with two attached hydrogens (primary N) is 1. The van der Waals surface area contributed by atoms with Gasteiger partial charge in [-0.15, -0.1) is 11.3 Å². The third-order valence-electron chi connectivity index (χ3n) is 2.82. The summed E-state index contributed by atoms with van der Waals surface area (Å²) in [5.74, 6) is -0.255. The summed E-state index contributed by atoms with van der Waals surface area (Å²) in [6.45, 7) is 4.10. The van der Waals surface area contributed by atoms with E-state index in [9.17, 15) is 4.79 Å². The average molecular weight is 290 g/mol. The van der Waals surface area contributed by atoms with E-state index in [1.807, 2.05) is 36.6 Å². The van der Waals surface area contributed by atoms with Crippen LogP contribution in [-0.4, -0.2) is 17.4 Å². The van der Waals surface area contributed by atoms with Crippen LogP contribution >= 0.6 is 11.3 Å². The first-order valence-corrected chi connectivity index (χ1v) is 7.26. The molecule has 2 aromatic rings. The third-order valence-corrected chi connectivity index (χ3v) is 3.70. The number of aromatic nitrogens is 1. The van der Waals surface area contributed by atoms with E-state index in [2.05, 4.69) is 15.6 Å². The maximum Gasteiger partial charge on any atom is 0.228 e. The largest absolute Gasteiger partial charge is 0.332 e. The van der Waals surface area contributed by atoms with Crippen LogP contribution in [0.25, 0.3) is 0 Å². The highest BCUT2D eigenvalue weighted by Gasteiger charge is 2.10. The summed E-state index contributed by atoms with van der Waals surface area (Å²) < 4.78 is 0. The smallest absolute Gasteiger partial charge is 0.228 e. The molecular formula is C14H18N4OS. The summed E-state index contributed by atoms with van der Waals surface area (Å²) in [5, 5.41) is 8.89. The molecular weight excluding hydrogens is 272 g/mol. The lowest BCUT2D eigenvalue weighted by Crippen LogP contribution is -2.26. The van der Waals surface area contributed by atoms with Gasteiger partial charge >= 0.3 is 0 Å². The number of anilines is 3. The Hall–Kier alpha value is -1.92. The molecule has 1 atom stereocenters. The monoisotopic (exact) mass is 290 g/mol. The maximum atomic E-state index is 11.7. The molecule has 0 saturated heterocycles. The van der Waals surface area contributed by atoms with Gasteiger partial charge in [-0.05, 0) is 31.2 Å². The summed E-state index contributed by atoms with van der Waals surface area (Å²) in [6, 6.07) is 7.51. The summed E-state index contributed by atoms with van der Waals surface area (Å²) in [7, 11) is 0. The zero-order valence-corrected chi connectivity index (χ0v) is 12.3. The molecule has 1 aromatic carbocycles. The molecule has 5 nitrogen and oxygen atoms in total. The Labute approximate surface area is 122 Å². The number of nitrogens with one attached hydrogen (secondary N) is 2. The lowest BCUT2D eigenvalue weighted by atomic mass is 10.1. The molecule has 20 heavy (non-hydrogen) atoms. The number of hydrogen-bond acceptors (Lipinski definition) is 5. The van der Waals surface area contributed by atoms with Crippen molar-refractivity contribution in [2.75, 3.05) is 17.2 Å². The van der Waals surface area contributed by atoms with Crippen molar-refractivity contribution in [3.05, 3.63) is 35.3 Å². The Morgan fingerprint density at radius 1 is 1.35 bits per heavy atom. The van der Waals surface area contributed by atoms with Crippen LogP contribution in [0.15, 0.2) is 29.6 Å². The molecule has 0 aliphatic rings. The van der Waals surface area contributed by atoms with Crippen LogP contribution in [0.5, 0.6) is 0 Å². The van der Waals surface area contributed by atoms with E-state index in [4.69, 9.17) is 5.73 Å². The van der Waals surface area contributed by atoms with Crippen LogP contribution in [0.3, 0.4) is 0 Å². The van der Waals surface area contributed by atoms with Gasteiger partial charge in [0.25, 0.3) is 0 Å². The van der Waals surface area contributed by atoms with Gasteiger partial charge < -0.3 is 16.4 Å². The predicted molar refractivity (Wildman–Crippen MR) is 83.4 cm³/mol. The standard InChI is InChI=1S/C14H18N4OS/c1-9(7-15)13(19)17-11-3-5-12(6-4-11)18-14-16-10(2)8-20-14/h3-6,8-9H,7,15H2,1-2H3,(H,16,18)(H,17,19). The molecule has 1 amide bonds. The molecule has 0 aliphatic heterocycles. The fourth-order valence-corrected chi connectivity index (χ4v) is 2.25. The maximum absolute atomic E-state index is 11.7. The first kappa shape index (κ1) is 14.5. The molecule has 1 aromatic heterocycles. The zero-order valence-electron chi connectivity index (χ0n) is 11.5. The summed E-state index contributed by atoms with van der Waals surface area (Å²) in [6.07, 6.45) is 0. The highest BCUT2D eigenvalue weighted by atomic mass is 32.1. The normalized spacial score (nSPS) is 11.9. The van der Waals surface area contributed by atoms with Gasteiger partial charge in [0.1, 0.15) is 0 Å². The van der Waals surface area contributed by atoms with E-state index in [1.54, 1.807) is 18.3 Å². The van der Waals surface area contributed by atoms with Crippen molar-refractivity contribution in [3.63, 3.8) is 0 Å². The number of hydrogen-bond donors (Lipinski definition) is 3. The first-order valence-electron chi connectivity index (χ1n) is 6.38. The molecule has 1 unspecified atom stereocenters. The fraction of sp³-hybridized carbons (Fsp3) is 0.286. The van der Waals surface area contributed by atoms with Crippen LogP contribution < -0.4 is 16.4 Å². The molecule has 0 fully saturated rings. The number of rotatable bonds is 5. The topological polar surface area (TPSA) is 80.0 Å². The van der Waals surface area contributed by atoms with Crippen molar-refractivity contribution in [1.82, 2.24) is 4.98 Å². The Morgan fingerprint density at radius 3 is 2.55 bits per heavy atom. The van der Waals surface area contributed by atoms with Gasteiger partial charge in [0, 0.05) is 29.2 Å². The van der Waals surface area contributed by atoms with Gasteiger partial charge in [0.2, 0.25) is 5.91 Å². The van der Waals surface area contributed by atoms with E-state index in [0.29, 0.717) is 6.54 Å². The Bertz CT molecular complexity index is 579. The summed E-state index contributed by atoms with van der Waals surface area (Å²) in [4.78, 5) is 16.0. The number of amides is 1. The molecule has 0 radical (unpaired) electrons. The number of nitrogens with zero attached hydrogens (tertiary/aromatic N) is 1. The molecule has 4 N–H and O–H groups in total. The van der Waals surface area contributed by atoms with Gasteiger partial charge in [-0.3, -0.25) is 4.79 Å². The lowest BCUT2D eigenvalue weighted by molar-refractivity contribution is -0.119. The SMILES string of the molecule is Cc1csc(Nc2ccc(NC(=O)C(C)CN)cc2)n1. The average Bonchev–Trinajstić information content (AvgIpc) is 2.85. The van der Waals surface area contributed by atoms with Crippen LogP contribution in [0.2, 0.25) is 0 Å². The molecule has 0 bridgehead atoms. The number of benzene rings is 1. The highest BCUT2D eigenvalue weighted by Crippen LogP contribution is 2.22. The molecule has 106 valence electrons. The van der Waals surface area contributed by atoms with Crippen molar-refractivity contribution in [2.24, 2.45) is 11.7 Å². The Balaban J connectivity index is 1.97. The minimum atomic E-state index is -0.189. The van der Waals surface area contributed by atoms with E-state index in [1.165, 1.54) is 0 Å². The molecule has 2 rings (SSSR count). The van der Waals surface area contributed by atoms with Crippen molar-refractivity contribution < 1.29 is 4.79 Å². The van der Waals surface area contributed by atoms with E-state index in [0.717, 1.165) is 22.2 Å². The van der Waals surface area contributed by atoms with Crippen LogP contribution in [-0.2, 0) is 4.79 Å². The second kappa shape index (κ2) is 6.49. The number of aryl methyl sites for hydroxylation is 1. The summed E-state index contributed by atoms with van der Waals surface area (Å²) >= 11 is 1.56. The highest BCUT2D eigenvalue weighted by molar-refractivity contribution is 7.13. The van der Waals surface area contributed by atoms with Crippen LogP contribution in [0.1, 0.15) is 12.6 Å². The quantitative estimate of drug-likeness (QED) is 0.791. The fourth-order valence-electron chi connectivity index (χ4n) is 1.54. The van der Waals surface area contributed by atoms with Crippen LogP contribution in [0.4, 0.5) is 16.5 Å². The molecule has 1 heterocycles. The second-order valence-corrected chi connectivity index (χ2v) is 5.48. The number of carbonyl (C=O) groups is 1. The molecule has 6 heteroatoms. The van der Waals surface area contributed by atoms with Gasteiger partial charge in [0.05, 0.1) is 5.69 Å². The van der Waals surface area contributed by atoms with Gasteiger partial charge in [-0.2, -0.15) is 0 Å². The zero-order chi connectivity index (χ0) is 14.5. The minimum Gasteiger partial charge on any atom is -0.332 e.